The first-order valence-electron chi connectivity index (χ1n) is 8.64. The molecule has 1 heterocycles. The molecule has 1 aromatic heterocycles. The first-order valence-corrected chi connectivity index (χ1v) is 9.01. The van der Waals surface area contributed by atoms with Gasteiger partial charge < -0.3 is 4.65 Å². The molecule has 0 spiro atoms. The minimum atomic E-state index is -0.435. The summed E-state index contributed by atoms with van der Waals surface area (Å²) >= 11 is 6.20. The molecule has 0 bridgehead atoms. The Balaban J connectivity index is 1.83. The van der Waals surface area contributed by atoms with Crippen molar-refractivity contribution < 1.29 is 9.04 Å². The fourth-order valence-corrected chi connectivity index (χ4v) is 3.33. The van der Waals surface area contributed by atoms with Crippen LogP contribution in [0.5, 0.6) is 5.75 Å². The minimum Gasteiger partial charge on any atom is -0.550 e. The van der Waals surface area contributed by atoms with Crippen molar-refractivity contribution in [1.29, 1.82) is 0 Å². The molecule has 0 amide bonds. The lowest BCUT2D eigenvalue weighted by Gasteiger charge is -2.18. The third-order valence-corrected chi connectivity index (χ3v) is 4.71. The molecule has 3 aromatic carbocycles. The molecule has 0 N–H and O–H groups in total. The SMILES string of the molecule is Cc1cc(B(Oc2cccc3cccnc23)c2cccc(Cl)c2)ccc1F. The predicted octanol–water partition coefficient (Wildman–Crippen LogP) is 4.52. The van der Waals surface area contributed by atoms with Gasteiger partial charge in [0.2, 0.25) is 0 Å². The van der Waals surface area contributed by atoms with Gasteiger partial charge in [0.25, 0.3) is 0 Å². The van der Waals surface area contributed by atoms with Crippen molar-refractivity contribution in [3.8, 4) is 5.75 Å². The monoisotopic (exact) mass is 375 g/mol. The van der Waals surface area contributed by atoms with Crippen LogP contribution in [0.4, 0.5) is 4.39 Å². The molecule has 0 saturated carbocycles. The quantitative estimate of drug-likeness (QED) is 0.489. The number of fused-ring (bicyclic) bond motifs is 1. The summed E-state index contributed by atoms with van der Waals surface area (Å²) in [5.74, 6) is 0.426. The van der Waals surface area contributed by atoms with E-state index in [2.05, 4.69) is 4.98 Å². The van der Waals surface area contributed by atoms with E-state index < -0.39 is 6.92 Å². The van der Waals surface area contributed by atoms with Gasteiger partial charge in [-0.15, -0.1) is 0 Å². The number of hydrogen-bond donors (Lipinski definition) is 0. The highest BCUT2D eigenvalue weighted by atomic mass is 35.5. The highest BCUT2D eigenvalue weighted by Gasteiger charge is 2.25. The van der Waals surface area contributed by atoms with Gasteiger partial charge in [-0.2, -0.15) is 0 Å². The van der Waals surface area contributed by atoms with E-state index in [1.165, 1.54) is 6.07 Å². The van der Waals surface area contributed by atoms with Crippen LogP contribution in [0.2, 0.25) is 5.02 Å². The Kier molecular flexibility index (Phi) is 4.82. The van der Waals surface area contributed by atoms with E-state index in [0.717, 1.165) is 21.8 Å². The molecule has 27 heavy (non-hydrogen) atoms. The lowest BCUT2D eigenvalue weighted by molar-refractivity contribution is 0.596. The summed E-state index contributed by atoms with van der Waals surface area (Å²) in [4.78, 5) is 4.46. The van der Waals surface area contributed by atoms with Crippen molar-refractivity contribution in [2.45, 2.75) is 6.92 Å². The third-order valence-electron chi connectivity index (χ3n) is 4.48. The van der Waals surface area contributed by atoms with Gasteiger partial charge >= 0.3 is 6.92 Å². The van der Waals surface area contributed by atoms with Crippen molar-refractivity contribution in [3.05, 3.63) is 95.4 Å². The number of para-hydroxylation sites is 1. The van der Waals surface area contributed by atoms with Crippen LogP contribution >= 0.6 is 11.6 Å². The Bertz CT molecular complexity index is 1110. The highest BCUT2D eigenvalue weighted by molar-refractivity contribution is 6.80. The lowest BCUT2D eigenvalue weighted by Crippen LogP contribution is -2.47. The second-order valence-corrected chi connectivity index (χ2v) is 6.83. The molecule has 0 unspecified atom stereocenters. The molecule has 0 aliphatic rings. The van der Waals surface area contributed by atoms with Gasteiger partial charge in [0.15, 0.2) is 0 Å². The van der Waals surface area contributed by atoms with E-state index in [0.29, 0.717) is 16.3 Å². The van der Waals surface area contributed by atoms with Crippen LogP contribution < -0.4 is 15.6 Å². The van der Waals surface area contributed by atoms with Crippen LogP contribution in [0.3, 0.4) is 0 Å². The Morgan fingerprint density at radius 1 is 0.926 bits per heavy atom. The Morgan fingerprint density at radius 3 is 2.52 bits per heavy atom. The van der Waals surface area contributed by atoms with Gasteiger partial charge in [-0.05, 0) is 53.7 Å². The number of aryl methyl sites for hydroxylation is 1. The van der Waals surface area contributed by atoms with E-state index in [-0.39, 0.29) is 5.82 Å². The van der Waals surface area contributed by atoms with Gasteiger partial charge in [-0.1, -0.05) is 54.1 Å². The van der Waals surface area contributed by atoms with Crippen molar-refractivity contribution in [1.82, 2.24) is 4.98 Å². The maximum Gasteiger partial charge on any atom is 0.426 e. The maximum atomic E-state index is 13.8. The molecule has 132 valence electrons. The Labute approximate surface area is 162 Å². The molecule has 0 fully saturated rings. The summed E-state index contributed by atoms with van der Waals surface area (Å²) in [5.41, 5.74) is 3.09. The van der Waals surface area contributed by atoms with Crippen molar-refractivity contribution in [3.63, 3.8) is 0 Å². The van der Waals surface area contributed by atoms with Crippen LogP contribution in [-0.4, -0.2) is 11.9 Å². The second-order valence-electron chi connectivity index (χ2n) is 6.39. The molecule has 4 rings (SSSR count). The molecule has 4 aromatic rings. The molecule has 2 nitrogen and oxygen atoms in total. The van der Waals surface area contributed by atoms with E-state index >= 15 is 0 Å². The third kappa shape index (κ3) is 3.67. The normalized spacial score (nSPS) is 10.8. The molecule has 0 aliphatic heterocycles. The number of hydrogen-bond acceptors (Lipinski definition) is 2. The van der Waals surface area contributed by atoms with E-state index in [4.69, 9.17) is 16.3 Å². The maximum absolute atomic E-state index is 13.8. The first-order chi connectivity index (χ1) is 13.1. The zero-order valence-electron chi connectivity index (χ0n) is 14.7. The van der Waals surface area contributed by atoms with Gasteiger partial charge in [-0.3, -0.25) is 4.98 Å². The van der Waals surface area contributed by atoms with Crippen molar-refractivity contribution in [2.75, 3.05) is 0 Å². The smallest absolute Gasteiger partial charge is 0.426 e. The number of benzene rings is 3. The number of nitrogens with zero attached hydrogens (tertiary/aromatic N) is 1. The Morgan fingerprint density at radius 2 is 1.70 bits per heavy atom. The molecule has 5 heteroatoms. The van der Waals surface area contributed by atoms with Crippen LogP contribution in [0.15, 0.2) is 79.0 Å². The largest absolute Gasteiger partial charge is 0.550 e. The van der Waals surface area contributed by atoms with Gasteiger partial charge in [0, 0.05) is 16.6 Å². The van der Waals surface area contributed by atoms with Crippen LogP contribution in [0, 0.1) is 12.7 Å². The average molecular weight is 376 g/mol. The van der Waals surface area contributed by atoms with Crippen LogP contribution in [-0.2, 0) is 0 Å². The van der Waals surface area contributed by atoms with Crippen molar-refractivity contribution >= 4 is 40.3 Å². The summed E-state index contributed by atoms with van der Waals surface area (Å²) < 4.78 is 20.2. The van der Waals surface area contributed by atoms with Crippen LogP contribution in [0.25, 0.3) is 10.9 Å². The van der Waals surface area contributed by atoms with Gasteiger partial charge in [0.05, 0.1) is 0 Å². The highest BCUT2D eigenvalue weighted by Crippen LogP contribution is 2.23. The fourth-order valence-electron chi connectivity index (χ4n) is 3.13. The molecule has 0 radical (unpaired) electrons. The second kappa shape index (κ2) is 7.41. The molecule has 0 atom stereocenters. The minimum absolute atomic E-state index is 0.240. The molecule has 0 aliphatic carbocycles. The predicted molar refractivity (Wildman–Crippen MR) is 110 cm³/mol. The summed E-state index contributed by atoms with van der Waals surface area (Å²) in [6.45, 7) is 1.31. The number of rotatable bonds is 4. The fraction of sp³-hybridized carbons (Fsp3) is 0.0455. The number of aromatic nitrogens is 1. The topological polar surface area (TPSA) is 22.1 Å². The van der Waals surface area contributed by atoms with Crippen LogP contribution in [0.1, 0.15) is 5.56 Å². The zero-order valence-corrected chi connectivity index (χ0v) is 15.5. The molecular weight excluding hydrogens is 360 g/mol. The van der Waals surface area contributed by atoms with E-state index in [1.54, 1.807) is 25.3 Å². The first kappa shape index (κ1) is 17.6. The Hall–Kier alpha value is -2.85. The van der Waals surface area contributed by atoms with Gasteiger partial charge in [-0.25, -0.2) is 4.39 Å². The summed E-state index contributed by atoms with van der Waals surface area (Å²) in [5, 5.41) is 1.62. The molecular formula is C22H16BClFNO. The van der Waals surface area contributed by atoms with Gasteiger partial charge in [0.1, 0.15) is 17.1 Å². The zero-order chi connectivity index (χ0) is 18.8. The summed E-state index contributed by atoms with van der Waals surface area (Å²) in [7, 11) is 0. The van der Waals surface area contributed by atoms with Crippen molar-refractivity contribution in [2.24, 2.45) is 0 Å². The standard InChI is InChI=1S/C22H16BClFNO/c1-15-13-18(10-11-20(15)25)23(17-7-3-8-19(24)14-17)27-21-9-2-5-16-6-4-12-26-22(16)21/h2-14H,1H3. The molecule has 0 saturated heterocycles. The average Bonchev–Trinajstić information content (AvgIpc) is 2.68. The summed E-state index contributed by atoms with van der Waals surface area (Å²) in [6, 6.07) is 22.2. The lowest BCUT2D eigenvalue weighted by atomic mass is 9.55. The number of halogens is 2. The number of pyridine rings is 1. The summed E-state index contributed by atoms with van der Waals surface area (Å²) in [6.07, 6.45) is 1.74. The van der Waals surface area contributed by atoms with E-state index in [1.807, 2.05) is 54.6 Å². The van der Waals surface area contributed by atoms with E-state index in [9.17, 15) is 4.39 Å².